The van der Waals surface area contributed by atoms with E-state index in [4.69, 9.17) is 9.47 Å². The maximum absolute atomic E-state index is 12.6. The summed E-state index contributed by atoms with van der Waals surface area (Å²) >= 11 is 0. The summed E-state index contributed by atoms with van der Waals surface area (Å²) in [7, 11) is 2.97. The molecule has 0 fully saturated rings. The first-order valence-corrected chi connectivity index (χ1v) is 9.11. The summed E-state index contributed by atoms with van der Waals surface area (Å²) < 4.78 is 13.8. The van der Waals surface area contributed by atoms with Crippen LogP contribution in [-0.2, 0) is 4.74 Å². The highest BCUT2D eigenvalue weighted by molar-refractivity contribution is 5.84. The minimum atomic E-state index is -0.521. The van der Waals surface area contributed by atoms with Crippen LogP contribution >= 0.6 is 0 Å². The number of hydrogen-bond donors (Lipinski definition) is 0. The van der Waals surface area contributed by atoms with Crippen LogP contribution in [0.3, 0.4) is 0 Å². The first-order chi connectivity index (χ1) is 14.2. The molecule has 0 aliphatic carbocycles. The van der Waals surface area contributed by atoms with E-state index in [9.17, 15) is 4.79 Å². The second kappa shape index (κ2) is 7.98. The van der Waals surface area contributed by atoms with Crippen molar-refractivity contribution in [1.82, 2.24) is 9.78 Å². The molecular formula is C23H20N3O3+. The van der Waals surface area contributed by atoms with Crippen LogP contribution in [0.25, 0.3) is 22.8 Å². The lowest BCUT2D eigenvalue weighted by Gasteiger charge is -2.06. The van der Waals surface area contributed by atoms with Crippen molar-refractivity contribution in [3.8, 4) is 28.5 Å². The Morgan fingerprint density at radius 2 is 1.48 bits per heavy atom. The summed E-state index contributed by atoms with van der Waals surface area (Å²) in [5.41, 5.74) is 2.52. The Morgan fingerprint density at radius 3 is 2.07 bits per heavy atom. The number of methoxy groups -OCH3 is 2. The van der Waals surface area contributed by atoms with Crippen LogP contribution in [0.2, 0.25) is 0 Å². The molecule has 4 aromatic rings. The summed E-state index contributed by atoms with van der Waals surface area (Å²) in [5, 5.41) is 4.62. The van der Waals surface area contributed by atoms with Crippen molar-refractivity contribution < 1.29 is 18.8 Å². The van der Waals surface area contributed by atoms with Gasteiger partial charge in [0.25, 0.3) is 5.82 Å². The van der Waals surface area contributed by atoms with E-state index in [1.54, 1.807) is 16.4 Å². The van der Waals surface area contributed by atoms with Gasteiger partial charge in [0.2, 0.25) is 0 Å². The van der Waals surface area contributed by atoms with Crippen molar-refractivity contribution in [3.63, 3.8) is 0 Å². The number of esters is 1. The molecule has 1 heterocycles. The van der Waals surface area contributed by atoms with Gasteiger partial charge in [-0.1, -0.05) is 41.1 Å². The van der Waals surface area contributed by atoms with Gasteiger partial charge >= 0.3 is 11.8 Å². The molecule has 0 unspecified atom stereocenters. The lowest BCUT2D eigenvalue weighted by atomic mass is 10.2. The van der Waals surface area contributed by atoms with Gasteiger partial charge in [0.1, 0.15) is 17.1 Å². The van der Waals surface area contributed by atoms with E-state index in [0.29, 0.717) is 0 Å². The molecule has 0 spiro atoms. The smallest absolute Gasteiger partial charge is 0.412 e. The molecule has 0 saturated heterocycles. The third-order valence-electron chi connectivity index (χ3n) is 4.55. The van der Waals surface area contributed by atoms with Crippen molar-refractivity contribution in [2.75, 3.05) is 14.2 Å². The molecule has 6 nitrogen and oxygen atoms in total. The minimum Gasteiger partial charge on any atom is -0.497 e. The summed E-state index contributed by atoms with van der Waals surface area (Å²) in [4.78, 5) is 12.6. The first kappa shape index (κ1) is 18.4. The minimum absolute atomic E-state index is 0.181. The summed E-state index contributed by atoms with van der Waals surface area (Å²) in [5.74, 6) is 1.13. The summed E-state index contributed by atoms with van der Waals surface area (Å²) in [6.45, 7) is 0. The molecule has 1 aromatic heterocycles. The maximum atomic E-state index is 12.6. The number of aromatic nitrogens is 3. The second-order valence-electron chi connectivity index (χ2n) is 6.29. The van der Waals surface area contributed by atoms with Crippen LogP contribution in [0.5, 0.6) is 5.75 Å². The Hall–Kier alpha value is -3.93. The molecular weight excluding hydrogens is 366 g/mol. The number of carbonyl (C=O) groups excluding carboxylic acids is 1. The topological polar surface area (TPSA) is 57.2 Å². The van der Waals surface area contributed by atoms with Gasteiger partial charge in [-0.3, -0.25) is 0 Å². The average Bonchev–Trinajstić information content (AvgIpc) is 3.20. The molecule has 0 N–H and O–H groups in total. The fraction of sp³-hybridized carbons (Fsp3) is 0.0870. The van der Waals surface area contributed by atoms with E-state index in [-0.39, 0.29) is 5.82 Å². The molecule has 0 radical (unpaired) electrons. The molecule has 144 valence electrons. The number of para-hydroxylation sites is 1. The average molecular weight is 386 g/mol. The molecule has 0 amide bonds. The van der Waals surface area contributed by atoms with Crippen LogP contribution in [0, 0.1) is 0 Å². The highest BCUT2D eigenvalue weighted by atomic mass is 16.5. The quantitative estimate of drug-likeness (QED) is 0.388. The Bertz CT molecular complexity index is 1120. The van der Waals surface area contributed by atoms with E-state index >= 15 is 0 Å². The standard InChI is InChI=1S/C23H20N3O3/c1-28-20-15-13-18(14-16-20)25-21(23(27)29-2)24-26(19-11-7-4-8-12-19)22(25)17-9-5-3-6-10-17/h3-16H,1-2H3/q+1. The van der Waals surface area contributed by atoms with Crippen molar-refractivity contribution in [2.24, 2.45) is 0 Å². The molecule has 0 saturated carbocycles. The van der Waals surface area contributed by atoms with Gasteiger partial charge in [0.15, 0.2) is 0 Å². The number of ether oxygens (including phenoxy) is 2. The highest BCUT2D eigenvalue weighted by Crippen LogP contribution is 2.23. The van der Waals surface area contributed by atoms with Gasteiger partial charge in [0.05, 0.1) is 24.9 Å². The Labute approximate surface area is 168 Å². The molecule has 6 heteroatoms. The molecule has 4 rings (SSSR count). The van der Waals surface area contributed by atoms with Gasteiger partial charge in [-0.15, -0.1) is 0 Å². The Morgan fingerprint density at radius 1 is 0.862 bits per heavy atom. The zero-order valence-electron chi connectivity index (χ0n) is 16.1. The normalized spacial score (nSPS) is 10.6. The predicted molar refractivity (Wildman–Crippen MR) is 108 cm³/mol. The van der Waals surface area contributed by atoms with Gasteiger partial charge in [-0.2, -0.15) is 4.57 Å². The van der Waals surface area contributed by atoms with Crippen molar-refractivity contribution in [3.05, 3.63) is 90.8 Å². The molecule has 0 bridgehead atoms. The van der Waals surface area contributed by atoms with Gasteiger partial charge < -0.3 is 9.47 Å². The molecule has 3 aromatic carbocycles. The van der Waals surface area contributed by atoms with Crippen LogP contribution in [0.4, 0.5) is 0 Å². The van der Waals surface area contributed by atoms with Crippen LogP contribution < -0.4 is 9.30 Å². The largest absolute Gasteiger partial charge is 0.497 e. The lowest BCUT2D eigenvalue weighted by Crippen LogP contribution is -2.38. The number of rotatable bonds is 5. The number of carbonyl (C=O) groups is 1. The van der Waals surface area contributed by atoms with E-state index < -0.39 is 5.97 Å². The van der Waals surface area contributed by atoms with E-state index in [0.717, 1.165) is 28.5 Å². The third-order valence-corrected chi connectivity index (χ3v) is 4.55. The fourth-order valence-electron chi connectivity index (χ4n) is 3.17. The van der Waals surface area contributed by atoms with E-state index in [2.05, 4.69) is 5.10 Å². The Kier molecular flexibility index (Phi) is 5.07. The molecule has 0 atom stereocenters. The van der Waals surface area contributed by atoms with Crippen LogP contribution in [0.1, 0.15) is 10.6 Å². The van der Waals surface area contributed by atoms with Crippen molar-refractivity contribution in [1.29, 1.82) is 0 Å². The zero-order chi connectivity index (χ0) is 20.2. The van der Waals surface area contributed by atoms with Crippen LogP contribution in [0.15, 0.2) is 84.9 Å². The summed E-state index contributed by atoms with van der Waals surface area (Å²) in [6, 6.07) is 27.0. The third kappa shape index (κ3) is 3.48. The summed E-state index contributed by atoms with van der Waals surface area (Å²) in [6.07, 6.45) is 0. The number of nitrogens with zero attached hydrogens (tertiary/aromatic N) is 3. The van der Waals surface area contributed by atoms with Crippen molar-refractivity contribution in [2.45, 2.75) is 0 Å². The molecule has 0 aliphatic rings. The first-order valence-electron chi connectivity index (χ1n) is 9.11. The maximum Gasteiger partial charge on any atom is 0.412 e. The fourth-order valence-corrected chi connectivity index (χ4v) is 3.17. The zero-order valence-corrected chi connectivity index (χ0v) is 16.1. The second-order valence-corrected chi connectivity index (χ2v) is 6.29. The van der Waals surface area contributed by atoms with Gasteiger partial charge in [0, 0.05) is 0 Å². The van der Waals surface area contributed by atoms with Crippen LogP contribution in [-0.4, -0.2) is 30.0 Å². The lowest BCUT2D eigenvalue weighted by molar-refractivity contribution is -0.587. The van der Waals surface area contributed by atoms with Crippen molar-refractivity contribution >= 4 is 5.97 Å². The molecule has 0 aliphatic heterocycles. The predicted octanol–water partition coefficient (Wildman–Crippen LogP) is 3.61. The SMILES string of the molecule is COC(=O)c1nn(-c2ccccc2)c(-c2ccccc2)[n+]1-c1ccc(OC)cc1. The van der Waals surface area contributed by atoms with Gasteiger partial charge in [-0.05, 0) is 48.5 Å². The van der Waals surface area contributed by atoms with E-state index in [1.165, 1.54) is 7.11 Å². The Balaban J connectivity index is 2.05. The number of benzene rings is 3. The monoisotopic (exact) mass is 386 g/mol. The van der Waals surface area contributed by atoms with E-state index in [1.807, 2.05) is 84.9 Å². The van der Waals surface area contributed by atoms with Gasteiger partial charge in [-0.25, -0.2) is 4.79 Å². The highest BCUT2D eigenvalue weighted by Gasteiger charge is 2.34. The molecule has 29 heavy (non-hydrogen) atoms. The number of hydrogen-bond acceptors (Lipinski definition) is 4.